The van der Waals surface area contributed by atoms with E-state index in [1.165, 1.54) is 59.1 Å². The fourth-order valence-electron chi connectivity index (χ4n) is 20.6. The van der Waals surface area contributed by atoms with Gasteiger partial charge in [-0.25, -0.2) is 79.0 Å². The van der Waals surface area contributed by atoms with Crippen molar-refractivity contribution in [3.8, 4) is 34.5 Å². The van der Waals surface area contributed by atoms with Crippen LogP contribution in [0, 0.1) is 105 Å². The lowest BCUT2D eigenvalue weighted by molar-refractivity contribution is 0.487. The predicted molar refractivity (Wildman–Crippen MR) is 515 cm³/mol. The molecule has 0 atom stereocenters. The minimum absolute atomic E-state index is 0.00848. The fraction of sp³-hybridized carbons (Fsp3) is 0.0741. The Morgan fingerprint density at radius 3 is 0.779 bits per heavy atom. The molecule has 0 aliphatic carbocycles. The first-order valence-corrected chi connectivity index (χ1v) is 45.6. The first-order valence-electron chi connectivity index (χ1n) is 44.0. The Morgan fingerprint density at radius 2 is 0.493 bits per heavy atom. The third-order valence-electron chi connectivity index (χ3n) is 26.7. The quantitative estimate of drug-likeness (QED) is 0.0879. The van der Waals surface area contributed by atoms with E-state index < -0.39 is 215 Å². The standard InChI is InChI=1S/C108H61B3F18N6O3S2/c1-107(2,3)50-34-36-89-55(38-50)103-105(139-89)110-58-46-57-79(48-80(58)134(101-75(126)30-14-31-76(101)127)83-41-53(44-87(137-103)92(83)110)131(96-65(116)20-9-21-66(96)117)97-67(118)22-10-23-68(97)119)133(100-73(124)28-13-29-74(100)125)82-40-52(130(94-61(112)16-7-17-62(94)113)95-63(114)18-8-19-64(95)115)43-86-91(82)109(57)60-47-59-81(49-85(60)136-86)135(102-77(128)32-15-33-78(102)129)84-42-54(132(98-69(120)24-11-25-70(98)121)99-71(122)26-12-27-72(99)123)45-88-93(84)111(59)106-104(138-88)56-39-51(108(4,5)6)35-37-90(56)140-106/h7-49H,1-6H3. The molecule has 16 aromatic carbocycles. The molecule has 688 valence electrons. The van der Waals surface area contributed by atoms with Gasteiger partial charge in [-0.15, -0.1) is 22.7 Å². The van der Waals surface area contributed by atoms with Gasteiger partial charge in [-0.3, -0.25) is 14.7 Å². The lowest BCUT2D eigenvalue weighted by Gasteiger charge is -2.45. The van der Waals surface area contributed by atoms with Crippen LogP contribution in [-0.2, 0) is 10.8 Å². The van der Waals surface area contributed by atoms with Crippen molar-refractivity contribution in [1.82, 2.24) is 0 Å². The lowest BCUT2D eigenvalue weighted by Crippen LogP contribution is -2.65. The number of rotatable bonds is 12. The molecule has 140 heavy (non-hydrogen) atoms. The van der Waals surface area contributed by atoms with Crippen molar-refractivity contribution in [2.24, 2.45) is 0 Å². The van der Waals surface area contributed by atoms with E-state index in [1.54, 1.807) is 12.1 Å². The lowest BCUT2D eigenvalue weighted by atomic mass is 9.30. The van der Waals surface area contributed by atoms with E-state index in [0.717, 1.165) is 202 Å². The van der Waals surface area contributed by atoms with Crippen molar-refractivity contribution >= 4 is 213 Å². The van der Waals surface area contributed by atoms with Crippen LogP contribution in [0.3, 0.4) is 0 Å². The molecule has 24 rings (SSSR count). The van der Waals surface area contributed by atoms with Crippen molar-refractivity contribution in [3.05, 3.63) is 377 Å². The molecular formula is C108H61B3F18N6O3S2. The first-order chi connectivity index (χ1) is 67.2. The van der Waals surface area contributed by atoms with Crippen LogP contribution in [0.4, 0.5) is 181 Å². The van der Waals surface area contributed by atoms with Crippen LogP contribution in [-0.4, -0.2) is 20.1 Å². The van der Waals surface area contributed by atoms with Crippen LogP contribution in [0.1, 0.15) is 52.7 Å². The van der Waals surface area contributed by atoms with Gasteiger partial charge in [-0.2, -0.15) is 0 Å². The molecule has 6 aliphatic heterocycles. The number of thiophene rings is 2. The summed E-state index contributed by atoms with van der Waals surface area (Å²) >= 11 is 2.46. The summed E-state index contributed by atoms with van der Waals surface area (Å²) in [5.74, 6) is -25.1. The maximum Gasteiger partial charge on any atom is 0.268 e. The molecule has 2 aromatic heterocycles. The highest BCUT2D eigenvalue weighted by atomic mass is 32.1. The van der Waals surface area contributed by atoms with Crippen molar-refractivity contribution in [3.63, 3.8) is 0 Å². The summed E-state index contributed by atoms with van der Waals surface area (Å²) in [6.45, 7) is 7.68. The molecule has 0 saturated heterocycles. The second kappa shape index (κ2) is 31.6. The molecule has 0 unspecified atom stereocenters. The normalized spacial score (nSPS) is 13.4. The number of hydrogen-bond donors (Lipinski definition) is 0. The van der Waals surface area contributed by atoms with Crippen LogP contribution in [0.5, 0.6) is 34.5 Å². The van der Waals surface area contributed by atoms with Crippen molar-refractivity contribution in [1.29, 1.82) is 0 Å². The zero-order chi connectivity index (χ0) is 97.0. The van der Waals surface area contributed by atoms with Gasteiger partial charge in [0.05, 0.1) is 17.1 Å². The molecule has 32 heteroatoms. The number of benzene rings is 16. The van der Waals surface area contributed by atoms with Gasteiger partial charge in [-0.1, -0.05) is 120 Å². The van der Waals surface area contributed by atoms with E-state index >= 15 is 79.0 Å². The van der Waals surface area contributed by atoms with Crippen LogP contribution in [0.2, 0.25) is 0 Å². The maximum absolute atomic E-state index is 18.6. The summed E-state index contributed by atoms with van der Waals surface area (Å²) < 4.78 is 341. The molecule has 0 saturated carbocycles. The molecule has 0 N–H and O–H groups in total. The summed E-state index contributed by atoms with van der Waals surface area (Å²) in [6, 6.07) is 49.0. The van der Waals surface area contributed by atoms with Crippen molar-refractivity contribution in [2.45, 2.75) is 52.4 Å². The number of fused-ring (bicyclic) bond motifs is 16. The van der Waals surface area contributed by atoms with E-state index in [1.807, 2.05) is 77.9 Å². The molecule has 0 spiro atoms. The van der Waals surface area contributed by atoms with E-state index in [9.17, 15) is 0 Å². The molecule has 0 radical (unpaired) electrons. The Morgan fingerprint density at radius 1 is 0.243 bits per heavy atom. The Kier molecular flexibility index (Phi) is 19.7. The van der Waals surface area contributed by atoms with Gasteiger partial charge < -0.3 is 28.9 Å². The first kappa shape index (κ1) is 87.4. The highest BCUT2D eigenvalue weighted by Gasteiger charge is 2.54. The van der Waals surface area contributed by atoms with Crippen LogP contribution < -0.4 is 91.4 Å². The highest BCUT2D eigenvalue weighted by molar-refractivity contribution is 7.34. The molecule has 0 bridgehead atoms. The number of para-hydroxylation sites is 9. The second-order valence-corrected chi connectivity index (χ2v) is 39.0. The van der Waals surface area contributed by atoms with Gasteiger partial charge in [0, 0.05) is 88.1 Å². The topological polar surface area (TPSA) is 47.1 Å². The molecule has 9 nitrogen and oxygen atoms in total. The summed E-state index contributed by atoms with van der Waals surface area (Å²) in [4.78, 5) is 4.96. The summed E-state index contributed by atoms with van der Waals surface area (Å²) in [7, 11) is 0. The van der Waals surface area contributed by atoms with E-state index in [2.05, 4.69) is 0 Å². The number of anilines is 18. The zero-order valence-electron chi connectivity index (χ0n) is 73.6. The summed E-state index contributed by atoms with van der Waals surface area (Å²) in [6.07, 6.45) is 0. The Bertz CT molecular complexity index is 8190. The minimum atomic E-state index is -1.57. The largest absolute Gasteiger partial charge is 0.458 e. The zero-order valence-corrected chi connectivity index (χ0v) is 75.2. The number of ether oxygens (including phenoxy) is 3. The molecule has 6 aliphatic rings. The molecule has 0 amide bonds. The summed E-state index contributed by atoms with van der Waals surface area (Å²) in [5, 5.41) is 0.987. The predicted octanol–water partition coefficient (Wildman–Crippen LogP) is 26.8. The third-order valence-corrected chi connectivity index (χ3v) is 29.1. The third kappa shape index (κ3) is 13.1. The SMILES string of the molecule is CC(C)(C)c1ccc2sc3c(c2c1)Oc1cc(N(c2c(F)cccc2F)c2c(F)cccc2F)cc2c1B3c1cc3c(cc1N2c1c(F)cccc1F)Oc1cc(N(c2c(F)cccc2F)c2c(F)cccc2F)cc2c1B3c1cc3c(cc1N2c1c(F)cccc1F)N(c1c(F)cccc1F)c1cc(N(c2c(F)cccc2F)c2c(F)cccc2F)cc2c1B3c1sc3ccc(C(C)(C)C)cc3c1O2. The van der Waals surface area contributed by atoms with Gasteiger partial charge >= 0.3 is 0 Å². The Hall–Kier alpha value is -15.4. The van der Waals surface area contributed by atoms with Crippen LogP contribution in [0.15, 0.2) is 261 Å². The van der Waals surface area contributed by atoms with E-state index in [-0.39, 0.29) is 95.4 Å². The maximum atomic E-state index is 18.6. The molecule has 8 heterocycles. The number of nitrogens with zero attached hydrogens (tertiary/aromatic N) is 6. The minimum Gasteiger partial charge on any atom is -0.458 e. The van der Waals surface area contributed by atoms with Crippen LogP contribution in [0.25, 0.3) is 20.2 Å². The fourth-order valence-corrected chi connectivity index (χ4v) is 23.1. The van der Waals surface area contributed by atoms with Crippen molar-refractivity contribution in [2.75, 3.05) is 29.4 Å². The smallest absolute Gasteiger partial charge is 0.268 e. The van der Waals surface area contributed by atoms with Gasteiger partial charge in [0.2, 0.25) is 0 Å². The second-order valence-electron chi connectivity index (χ2n) is 36.8. The molecule has 0 fully saturated rings. The average Bonchev–Trinajstić information content (AvgIpc) is 1.37. The Labute approximate surface area is 794 Å². The highest BCUT2D eigenvalue weighted by Crippen LogP contribution is 2.58. The molecule has 18 aromatic rings. The monoisotopic (exact) mass is 1930 g/mol. The Balaban J connectivity index is 0.856. The van der Waals surface area contributed by atoms with Crippen molar-refractivity contribution < 1.29 is 93.2 Å². The summed E-state index contributed by atoms with van der Waals surface area (Å²) in [5.41, 5.74) is -11.6. The number of halogens is 18. The van der Waals surface area contributed by atoms with Gasteiger partial charge in [0.15, 0.2) is 0 Å². The number of hydrogen-bond acceptors (Lipinski definition) is 11. The average molecular weight is 1930 g/mol. The van der Waals surface area contributed by atoms with E-state index in [0.29, 0.717) is 44.4 Å². The van der Waals surface area contributed by atoms with E-state index in [4.69, 9.17) is 14.2 Å². The van der Waals surface area contributed by atoms with Gasteiger partial charge in [0.25, 0.3) is 20.1 Å². The van der Waals surface area contributed by atoms with Gasteiger partial charge in [0.1, 0.15) is 190 Å². The van der Waals surface area contributed by atoms with Gasteiger partial charge in [-0.05, 0) is 218 Å². The van der Waals surface area contributed by atoms with Crippen LogP contribution >= 0.6 is 22.7 Å². The molecular weight excluding hydrogens is 1870 g/mol.